The van der Waals surface area contributed by atoms with Crippen LogP contribution in [0.25, 0.3) is 5.57 Å². The van der Waals surface area contributed by atoms with E-state index in [0.717, 1.165) is 64.9 Å². The molecule has 33 heavy (non-hydrogen) atoms. The molecule has 0 saturated heterocycles. The summed E-state index contributed by atoms with van der Waals surface area (Å²) in [5.41, 5.74) is 4.55. The monoisotopic (exact) mass is 451 g/mol. The Labute approximate surface area is 195 Å². The predicted octanol–water partition coefficient (Wildman–Crippen LogP) is 4.92. The molecule has 0 spiro atoms. The molecule has 2 aromatic rings. The molecular weight excluding hydrogens is 418 g/mol. The van der Waals surface area contributed by atoms with Gasteiger partial charge in [0.2, 0.25) is 0 Å². The van der Waals surface area contributed by atoms with Crippen LogP contribution in [-0.2, 0) is 11.2 Å². The highest BCUT2D eigenvalue weighted by atomic mass is 16.6. The molecule has 8 heteroatoms. The number of hydrogen-bond donors (Lipinski definition) is 2. The highest BCUT2D eigenvalue weighted by Gasteiger charge is 2.26. The molecule has 176 valence electrons. The Hall–Kier alpha value is -3.29. The number of anilines is 3. The number of allylic oxidation sites excluding steroid dienone is 1. The third-order valence-electron chi connectivity index (χ3n) is 5.56. The Morgan fingerprint density at radius 1 is 1.15 bits per heavy atom. The number of carbonyl (C=O) groups is 1. The van der Waals surface area contributed by atoms with Crippen molar-refractivity contribution in [1.29, 1.82) is 0 Å². The van der Waals surface area contributed by atoms with Crippen molar-refractivity contribution in [2.45, 2.75) is 52.6 Å². The van der Waals surface area contributed by atoms with Crippen LogP contribution in [0.3, 0.4) is 0 Å². The molecule has 0 fully saturated rings. The van der Waals surface area contributed by atoms with Crippen LogP contribution in [0, 0.1) is 6.92 Å². The summed E-state index contributed by atoms with van der Waals surface area (Å²) >= 11 is 0. The van der Waals surface area contributed by atoms with Crippen LogP contribution in [0.5, 0.6) is 5.75 Å². The zero-order chi connectivity index (χ0) is 23.6. The molecule has 4 rings (SSSR count). The second-order valence-electron chi connectivity index (χ2n) is 9.45. The van der Waals surface area contributed by atoms with Gasteiger partial charge in [-0.05, 0) is 58.2 Å². The van der Waals surface area contributed by atoms with Gasteiger partial charge in [0.15, 0.2) is 0 Å². The lowest BCUT2D eigenvalue weighted by Gasteiger charge is -2.25. The van der Waals surface area contributed by atoms with Gasteiger partial charge in [-0.2, -0.15) is 0 Å². The number of fused-ring (bicyclic) bond motifs is 1. The Morgan fingerprint density at radius 2 is 1.94 bits per heavy atom. The van der Waals surface area contributed by atoms with E-state index in [-0.39, 0.29) is 6.09 Å². The van der Waals surface area contributed by atoms with E-state index in [9.17, 15) is 4.79 Å². The van der Waals surface area contributed by atoms with Crippen molar-refractivity contribution in [2.24, 2.45) is 0 Å². The van der Waals surface area contributed by atoms with Gasteiger partial charge in [-0.3, -0.25) is 0 Å². The molecule has 0 aromatic carbocycles. The van der Waals surface area contributed by atoms with Gasteiger partial charge in [0.1, 0.15) is 23.0 Å². The first-order valence-electron chi connectivity index (χ1n) is 11.5. The topological polar surface area (TPSA) is 88.6 Å². The number of rotatable bonds is 4. The number of ether oxygens (including phenoxy) is 2. The van der Waals surface area contributed by atoms with Crippen LogP contribution in [-0.4, -0.2) is 53.3 Å². The normalized spacial score (nSPS) is 15.8. The van der Waals surface area contributed by atoms with Crippen LogP contribution in [0.4, 0.5) is 22.1 Å². The summed E-state index contributed by atoms with van der Waals surface area (Å²) in [4.78, 5) is 23.7. The van der Waals surface area contributed by atoms with Crippen molar-refractivity contribution in [3.8, 4) is 5.75 Å². The van der Waals surface area contributed by atoms with Crippen LogP contribution in [0.15, 0.2) is 24.3 Å². The summed E-state index contributed by atoms with van der Waals surface area (Å²) in [5, 5.41) is 6.53. The predicted molar refractivity (Wildman–Crippen MR) is 130 cm³/mol. The lowest BCUT2D eigenvalue weighted by atomic mass is 10.00. The fourth-order valence-electron chi connectivity index (χ4n) is 4.09. The standard InChI is InChI=1S/C25H33N5O3/c1-16-13-18(26-5)14-21(27-16)29-22-15-19(23-20(28-22)9-12-32-23)17-7-6-10-30(11-8-17)24(31)33-25(2,3)4/h8,13-15H,6-7,9-12H2,1-5H3,(H2,26,27,28,29). The van der Waals surface area contributed by atoms with Crippen LogP contribution < -0.4 is 15.4 Å². The fourth-order valence-corrected chi connectivity index (χ4v) is 4.09. The minimum atomic E-state index is -0.507. The Morgan fingerprint density at radius 3 is 2.70 bits per heavy atom. The highest BCUT2D eigenvalue weighted by molar-refractivity contribution is 5.76. The van der Waals surface area contributed by atoms with Crippen molar-refractivity contribution in [3.05, 3.63) is 41.2 Å². The average Bonchev–Trinajstić information content (AvgIpc) is 3.06. The maximum atomic E-state index is 12.6. The van der Waals surface area contributed by atoms with E-state index in [1.165, 1.54) is 0 Å². The zero-order valence-corrected chi connectivity index (χ0v) is 20.1. The summed E-state index contributed by atoms with van der Waals surface area (Å²) < 4.78 is 11.5. The Kier molecular flexibility index (Phi) is 6.44. The fraction of sp³-hybridized carbons (Fsp3) is 0.480. The van der Waals surface area contributed by atoms with Gasteiger partial charge in [0.25, 0.3) is 0 Å². The Balaban J connectivity index is 1.61. The number of carbonyl (C=O) groups excluding carboxylic acids is 1. The number of aryl methyl sites for hydroxylation is 1. The van der Waals surface area contributed by atoms with E-state index >= 15 is 0 Å². The molecule has 1 amide bonds. The number of hydrogen-bond acceptors (Lipinski definition) is 7. The van der Waals surface area contributed by atoms with Crippen LogP contribution in [0.2, 0.25) is 0 Å². The molecule has 0 unspecified atom stereocenters. The smallest absolute Gasteiger partial charge is 0.410 e. The van der Waals surface area contributed by atoms with Gasteiger partial charge >= 0.3 is 6.09 Å². The van der Waals surface area contributed by atoms with Gasteiger partial charge in [-0.1, -0.05) is 6.08 Å². The molecule has 0 saturated carbocycles. The van der Waals surface area contributed by atoms with Crippen LogP contribution >= 0.6 is 0 Å². The number of aromatic nitrogens is 2. The first-order valence-corrected chi connectivity index (χ1v) is 11.5. The van der Waals surface area contributed by atoms with Gasteiger partial charge in [0, 0.05) is 49.6 Å². The maximum absolute atomic E-state index is 12.6. The van der Waals surface area contributed by atoms with E-state index < -0.39 is 5.60 Å². The quantitative estimate of drug-likeness (QED) is 0.682. The average molecular weight is 452 g/mol. The van der Waals surface area contributed by atoms with Crippen LogP contribution in [0.1, 0.15) is 50.6 Å². The van der Waals surface area contributed by atoms with Crippen molar-refractivity contribution >= 4 is 29.0 Å². The summed E-state index contributed by atoms with van der Waals surface area (Å²) in [7, 11) is 1.89. The number of pyridine rings is 2. The molecule has 4 heterocycles. The van der Waals surface area contributed by atoms with E-state index in [4.69, 9.17) is 14.5 Å². The molecule has 0 radical (unpaired) electrons. The molecule has 2 aliphatic heterocycles. The molecule has 2 aliphatic rings. The van der Waals surface area contributed by atoms with Gasteiger partial charge in [0.05, 0.1) is 12.3 Å². The molecule has 2 aromatic heterocycles. The number of nitrogens with zero attached hydrogens (tertiary/aromatic N) is 3. The highest BCUT2D eigenvalue weighted by Crippen LogP contribution is 2.38. The second-order valence-corrected chi connectivity index (χ2v) is 9.45. The van der Waals surface area contributed by atoms with Crippen molar-refractivity contribution in [1.82, 2.24) is 14.9 Å². The van der Waals surface area contributed by atoms with Crippen molar-refractivity contribution in [2.75, 3.05) is 37.4 Å². The van der Waals surface area contributed by atoms with E-state index in [2.05, 4.69) is 21.7 Å². The second kappa shape index (κ2) is 9.29. The SMILES string of the molecule is CNc1cc(C)nc(Nc2cc(C3=CCN(C(=O)OC(C)(C)C)CCC3)c3c(n2)CCO3)c1. The summed E-state index contributed by atoms with van der Waals surface area (Å²) in [5.74, 6) is 2.33. The molecule has 8 nitrogen and oxygen atoms in total. The lowest BCUT2D eigenvalue weighted by Crippen LogP contribution is -2.37. The zero-order valence-electron chi connectivity index (χ0n) is 20.1. The maximum Gasteiger partial charge on any atom is 0.410 e. The third kappa shape index (κ3) is 5.56. The number of amides is 1. The first-order chi connectivity index (χ1) is 15.7. The number of nitrogens with one attached hydrogen (secondary N) is 2. The summed E-state index contributed by atoms with van der Waals surface area (Å²) in [6.45, 7) is 9.43. The van der Waals surface area contributed by atoms with Crippen molar-refractivity contribution < 1.29 is 14.3 Å². The summed E-state index contributed by atoms with van der Waals surface area (Å²) in [6, 6.07) is 5.98. The molecule has 0 aliphatic carbocycles. The molecular formula is C25H33N5O3. The largest absolute Gasteiger partial charge is 0.491 e. The van der Waals surface area contributed by atoms with Gasteiger partial charge in [-0.25, -0.2) is 14.8 Å². The molecule has 0 atom stereocenters. The van der Waals surface area contributed by atoms with E-state index in [1.54, 1.807) is 4.90 Å². The van der Waals surface area contributed by atoms with E-state index in [1.807, 2.05) is 52.9 Å². The van der Waals surface area contributed by atoms with Crippen molar-refractivity contribution in [3.63, 3.8) is 0 Å². The molecule has 0 bridgehead atoms. The summed E-state index contributed by atoms with van der Waals surface area (Å²) in [6.07, 6.45) is 4.32. The third-order valence-corrected chi connectivity index (χ3v) is 5.56. The van der Waals surface area contributed by atoms with Gasteiger partial charge < -0.3 is 25.0 Å². The molecule has 2 N–H and O–H groups in total. The lowest BCUT2D eigenvalue weighted by molar-refractivity contribution is 0.0273. The Bertz CT molecular complexity index is 1070. The minimum absolute atomic E-state index is 0.274. The first kappa shape index (κ1) is 22.9. The minimum Gasteiger partial charge on any atom is -0.491 e. The van der Waals surface area contributed by atoms with E-state index in [0.29, 0.717) is 19.7 Å². The van der Waals surface area contributed by atoms with Gasteiger partial charge in [-0.15, -0.1) is 0 Å².